The van der Waals surface area contributed by atoms with E-state index in [1.807, 2.05) is 19.1 Å². The van der Waals surface area contributed by atoms with Crippen LogP contribution < -0.4 is 10.1 Å². The van der Waals surface area contributed by atoms with Crippen LogP contribution in [0.2, 0.25) is 0 Å². The first kappa shape index (κ1) is 16.8. The number of carbonyl (C=O) groups excluding carboxylic acids is 1. The SMILES string of the molecule is COc1cc(C(=O)NC(CCCl)C(C)(C)C)ccc1C. The van der Waals surface area contributed by atoms with Crippen LogP contribution in [0.4, 0.5) is 0 Å². The van der Waals surface area contributed by atoms with E-state index in [0.29, 0.717) is 11.4 Å². The Morgan fingerprint density at radius 3 is 2.55 bits per heavy atom. The summed E-state index contributed by atoms with van der Waals surface area (Å²) >= 11 is 5.83. The van der Waals surface area contributed by atoms with Crippen molar-refractivity contribution in [1.82, 2.24) is 5.32 Å². The number of ether oxygens (including phenoxy) is 1. The van der Waals surface area contributed by atoms with Gasteiger partial charge in [-0.2, -0.15) is 0 Å². The topological polar surface area (TPSA) is 38.3 Å². The molecule has 0 aliphatic heterocycles. The second-order valence-corrected chi connectivity index (χ2v) is 6.43. The molecule has 1 atom stereocenters. The molecule has 1 rings (SSSR count). The quantitative estimate of drug-likeness (QED) is 0.840. The number of benzene rings is 1. The van der Waals surface area contributed by atoms with E-state index in [0.717, 1.165) is 17.7 Å². The molecule has 0 heterocycles. The Morgan fingerprint density at radius 1 is 1.40 bits per heavy atom. The number of amides is 1. The lowest BCUT2D eigenvalue weighted by atomic mass is 9.85. The van der Waals surface area contributed by atoms with E-state index in [2.05, 4.69) is 26.1 Å². The highest BCUT2D eigenvalue weighted by molar-refractivity contribution is 6.17. The van der Waals surface area contributed by atoms with Crippen molar-refractivity contribution in [2.24, 2.45) is 5.41 Å². The maximum atomic E-state index is 12.3. The molecule has 0 spiro atoms. The van der Waals surface area contributed by atoms with Crippen molar-refractivity contribution in [3.8, 4) is 5.75 Å². The summed E-state index contributed by atoms with van der Waals surface area (Å²) in [6.07, 6.45) is 0.750. The number of carbonyl (C=O) groups is 1. The molecule has 0 aliphatic carbocycles. The van der Waals surface area contributed by atoms with E-state index in [9.17, 15) is 4.79 Å². The Balaban J connectivity index is 2.89. The van der Waals surface area contributed by atoms with Crippen molar-refractivity contribution in [2.45, 2.75) is 40.2 Å². The number of aryl methyl sites for hydroxylation is 1. The molecule has 3 nitrogen and oxygen atoms in total. The van der Waals surface area contributed by atoms with Gasteiger partial charge >= 0.3 is 0 Å². The standard InChI is InChI=1S/C16H24ClNO2/c1-11-6-7-12(10-13(11)20-5)15(19)18-14(8-9-17)16(2,3)4/h6-7,10,14H,8-9H2,1-5H3,(H,18,19). The van der Waals surface area contributed by atoms with Crippen molar-refractivity contribution in [2.75, 3.05) is 13.0 Å². The molecule has 1 N–H and O–H groups in total. The zero-order chi connectivity index (χ0) is 15.3. The van der Waals surface area contributed by atoms with Crippen LogP contribution in [0.1, 0.15) is 43.1 Å². The van der Waals surface area contributed by atoms with Gasteiger partial charge in [0, 0.05) is 17.5 Å². The van der Waals surface area contributed by atoms with Gasteiger partial charge in [0.1, 0.15) is 5.75 Å². The summed E-state index contributed by atoms with van der Waals surface area (Å²) in [5.74, 6) is 1.16. The number of hydrogen-bond donors (Lipinski definition) is 1. The highest BCUT2D eigenvalue weighted by Gasteiger charge is 2.26. The van der Waals surface area contributed by atoms with Crippen LogP contribution in [0.15, 0.2) is 18.2 Å². The van der Waals surface area contributed by atoms with E-state index in [1.165, 1.54) is 0 Å². The van der Waals surface area contributed by atoms with Crippen LogP contribution in [-0.4, -0.2) is 24.9 Å². The Hall–Kier alpha value is -1.22. The Kier molecular flexibility index (Phi) is 5.88. The van der Waals surface area contributed by atoms with Crippen molar-refractivity contribution in [3.63, 3.8) is 0 Å². The Labute approximate surface area is 126 Å². The van der Waals surface area contributed by atoms with Gasteiger partial charge in [-0.1, -0.05) is 26.8 Å². The van der Waals surface area contributed by atoms with E-state index in [1.54, 1.807) is 13.2 Å². The number of halogens is 1. The predicted octanol–water partition coefficient (Wildman–Crippen LogP) is 3.78. The molecule has 112 valence electrons. The van der Waals surface area contributed by atoms with Crippen molar-refractivity contribution in [3.05, 3.63) is 29.3 Å². The number of hydrogen-bond acceptors (Lipinski definition) is 2. The third kappa shape index (κ3) is 4.41. The fourth-order valence-electron chi connectivity index (χ4n) is 2.03. The van der Waals surface area contributed by atoms with Gasteiger partial charge < -0.3 is 10.1 Å². The number of nitrogens with one attached hydrogen (secondary N) is 1. The van der Waals surface area contributed by atoms with Crippen molar-refractivity contribution in [1.29, 1.82) is 0 Å². The molecule has 0 aromatic heterocycles. The van der Waals surface area contributed by atoms with Gasteiger partial charge in [-0.25, -0.2) is 0 Å². The van der Waals surface area contributed by atoms with Crippen LogP contribution in [0.3, 0.4) is 0 Å². The normalized spacial score (nSPS) is 12.9. The smallest absolute Gasteiger partial charge is 0.251 e. The molecule has 0 radical (unpaired) electrons. The summed E-state index contributed by atoms with van der Waals surface area (Å²) in [5.41, 5.74) is 1.59. The maximum absolute atomic E-state index is 12.3. The van der Waals surface area contributed by atoms with E-state index >= 15 is 0 Å². The van der Waals surface area contributed by atoms with Gasteiger partial charge in [-0.15, -0.1) is 11.6 Å². The monoisotopic (exact) mass is 297 g/mol. The fourth-order valence-corrected chi connectivity index (χ4v) is 2.25. The summed E-state index contributed by atoms with van der Waals surface area (Å²) in [5, 5.41) is 3.07. The van der Waals surface area contributed by atoms with Crippen LogP contribution in [0, 0.1) is 12.3 Å². The average Bonchev–Trinajstić information content (AvgIpc) is 2.37. The fraction of sp³-hybridized carbons (Fsp3) is 0.562. The van der Waals surface area contributed by atoms with Gasteiger partial charge in [0.25, 0.3) is 5.91 Å². The molecule has 0 fully saturated rings. The molecule has 0 aliphatic rings. The molecule has 1 amide bonds. The second-order valence-electron chi connectivity index (χ2n) is 6.05. The Bertz CT molecular complexity index is 466. The number of rotatable bonds is 5. The van der Waals surface area contributed by atoms with Gasteiger partial charge in [-0.3, -0.25) is 4.79 Å². The first-order valence-corrected chi connectivity index (χ1v) is 7.34. The highest BCUT2D eigenvalue weighted by atomic mass is 35.5. The molecule has 1 unspecified atom stereocenters. The van der Waals surface area contributed by atoms with Crippen LogP contribution >= 0.6 is 11.6 Å². The Morgan fingerprint density at radius 2 is 2.05 bits per heavy atom. The minimum absolute atomic E-state index is 0.0284. The van der Waals surface area contributed by atoms with Crippen molar-refractivity contribution < 1.29 is 9.53 Å². The lowest BCUT2D eigenvalue weighted by Gasteiger charge is -2.31. The van der Waals surface area contributed by atoms with Gasteiger partial charge in [0.2, 0.25) is 0 Å². The van der Waals surface area contributed by atoms with Gasteiger partial charge in [0.05, 0.1) is 7.11 Å². The molecule has 1 aromatic carbocycles. The average molecular weight is 298 g/mol. The third-order valence-corrected chi connectivity index (χ3v) is 3.64. The first-order valence-electron chi connectivity index (χ1n) is 6.81. The molecule has 0 saturated heterocycles. The highest BCUT2D eigenvalue weighted by Crippen LogP contribution is 2.24. The predicted molar refractivity (Wildman–Crippen MR) is 83.8 cm³/mol. The van der Waals surface area contributed by atoms with Crippen LogP contribution in [0.5, 0.6) is 5.75 Å². The zero-order valence-electron chi connectivity index (χ0n) is 12.9. The number of alkyl halides is 1. The summed E-state index contributed by atoms with van der Waals surface area (Å²) in [6.45, 7) is 8.24. The van der Waals surface area contributed by atoms with E-state index in [4.69, 9.17) is 16.3 Å². The summed E-state index contributed by atoms with van der Waals surface area (Å²) in [6, 6.07) is 5.51. The van der Waals surface area contributed by atoms with E-state index in [-0.39, 0.29) is 17.4 Å². The van der Waals surface area contributed by atoms with Crippen LogP contribution in [0.25, 0.3) is 0 Å². The maximum Gasteiger partial charge on any atom is 0.251 e. The minimum atomic E-state index is -0.0895. The lowest BCUT2D eigenvalue weighted by Crippen LogP contribution is -2.44. The molecule has 4 heteroatoms. The van der Waals surface area contributed by atoms with Gasteiger partial charge in [0.15, 0.2) is 0 Å². The molecular weight excluding hydrogens is 274 g/mol. The van der Waals surface area contributed by atoms with E-state index < -0.39 is 0 Å². The third-order valence-electron chi connectivity index (χ3n) is 3.42. The lowest BCUT2D eigenvalue weighted by molar-refractivity contribution is 0.0900. The molecule has 20 heavy (non-hydrogen) atoms. The van der Waals surface area contributed by atoms with Crippen LogP contribution in [-0.2, 0) is 0 Å². The summed E-state index contributed by atoms with van der Waals surface area (Å²) in [4.78, 5) is 12.3. The first-order chi connectivity index (χ1) is 9.29. The summed E-state index contributed by atoms with van der Waals surface area (Å²) in [7, 11) is 1.61. The van der Waals surface area contributed by atoms with Crippen molar-refractivity contribution >= 4 is 17.5 Å². The molecule has 0 saturated carbocycles. The zero-order valence-corrected chi connectivity index (χ0v) is 13.7. The second kappa shape index (κ2) is 6.98. The van der Waals surface area contributed by atoms with Gasteiger partial charge in [-0.05, 0) is 36.5 Å². The molecule has 0 bridgehead atoms. The molecular formula is C16H24ClNO2. The number of methoxy groups -OCH3 is 1. The largest absolute Gasteiger partial charge is 0.496 e. The molecule has 1 aromatic rings. The minimum Gasteiger partial charge on any atom is -0.496 e. The summed E-state index contributed by atoms with van der Waals surface area (Å²) < 4.78 is 5.25.